The third-order valence-electron chi connectivity index (χ3n) is 4.37. The Morgan fingerprint density at radius 3 is 2.73 bits per heavy atom. The molecule has 0 aliphatic carbocycles. The Morgan fingerprint density at radius 2 is 1.88 bits per heavy atom. The van der Waals surface area contributed by atoms with Crippen LogP contribution >= 0.6 is 0 Å². The number of hydrogen-bond donors (Lipinski definition) is 1. The highest BCUT2D eigenvalue weighted by Gasteiger charge is 2.25. The van der Waals surface area contributed by atoms with E-state index in [0.717, 1.165) is 5.39 Å². The van der Waals surface area contributed by atoms with Gasteiger partial charge >= 0.3 is 0 Å². The first-order valence-electron chi connectivity index (χ1n) is 8.38. The molecule has 1 aliphatic heterocycles. The Balaban J connectivity index is 1.55. The van der Waals surface area contributed by atoms with E-state index in [0.29, 0.717) is 35.7 Å². The van der Waals surface area contributed by atoms with Crippen molar-refractivity contribution in [1.82, 2.24) is 9.88 Å². The lowest BCUT2D eigenvalue weighted by Gasteiger charge is -2.29. The standard InChI is InChI=1S/C20H18N2O4/c1-22(11-13-12-25-17-8-4-5-9-18(17)26-13)20(24)15-10-19(23)21-16-7-3-2-6-14(15)16/h2-10,13H,11-12H2,1H3,(H,21,23). The van der Waals surface area contributed by atoms with Crippen molar-refractivity contribution in [2.45, 2.75) is 6.10 Å². The maximum atomic E-state index is 12.9. The number of aromatic amines is 1. The third-order valence-corrected chi connectivity index (χ3v) is 4.37. The zero-order valence-electron chi connectivity index (χ0n) is 14.3. The predicted octanol–water partition coefficient (Wildman–Crippen LogP) is 2.44. The van der Waals surface area contributed by atoms with Gasteiger partial charge in [0.25, 0.3) is 5.91 Å². The zero-order chi connectivity index (χ0) is 18.1. The monoisotopic (exact) mass is 350 g/mol. The Bertz CT molecular complexity index is 1030. The number of fused-ring (bicyclic) bond motifs is 2. The quantitative estimate of drug-likeness (QED) is 0.788. The molecule has 2 heterocycles. The van der Waals surface area contributed by atoms with Crippen molar-refractivity contribution in [1.29, 1.82) is 0 Å². The molecule has 4 rings (SSSR count). The summed E-state index contributed by atoms with van der Waals surface area (Å²) in [6, 6.07) is 16.1. The molecule has 3 aromatic rings. The minimum absolute atomic E-state index is 0.227. The number of para-hydroxylation sites is 3. The largest absolute Gasteiger partial charge is 0.486 e. The third kappa shape index (κ3) is 3.01. The Kier molecular flexibility index (Phi) is 4.08. The number of carbonyl (C=O) groups excluding carboxylic acids is 1. The number of likely N-dealkylation sites (N-methyl/N-ethyl adjacent to an activating group) is 1. The van der Waals surface area contributed by atoms with Crippen LogP contribution in [0.4, 0.5) is 0 Å². The van der Waals surface area contributed by atoms with E-state index in [2.05, 4.69) is 4.98 Å². The van der Waals surface area contributed by atoms with E-state index in [1.165, 1.54) is 6.07 Å². The number of amides is 1. The lowest BCUT2D eigenvalue weighted by atomic mass is 10.1. The molecule has 0 saturated heterocycles. The Morgan fingerprint density at radius 1 is 1.15 bits per heavy atom. The summed E-state index contributed by atoms with van der Waals surface area (Å²) in [5.74, 6) is 1.15. The Labute approximate surface area is 150 Å². The van der Waals surface area contributed by atoms with Crippen LogP contribution in [0.1, 0.15) is 10.4 Å². The van der Waals surface area contributed by atoms with E-state index < -0.39 is 0 Å². The fourth-order valence-electron chi connectivity index (χ4n) is 3.13. The summed E-state index contributed by atoms with van der Waals surface area (Å²) in [5, 5.41) is 0.718. The van der Waals surface area contributed by atoms with Gasteiger partial charge in [0, 0.05) is 24.0 Å². The van der Waals surface area contributed by atoms with Crippen molar-refractivity contribution >= 4 is 16.8 Å². The molecular formula is C20H18N2O4. The summed E-state index contributed by atoms with van der Waals surface area (Å²) >= 11 is 0. The molecule has 1 N–H and O–H groups in total. The van der Waals surface area contributed by atoms with Gasteiger partial charge in [-0.2, -0.15) is 0 Å². The van der Waals surface area contributed by atoms with Gasteiger partial charge in [0.1, 0.15) is 6.61 Å². The van der Waals surface area contributed by atoms with Crippen LogP contribution in [0.3, 0.4) is 0 Å². The van der Waals surface area contributed by atoms with E-state index in [1.54, 1.807) is 18.0 Å². The summed E-state index contributed by atoms with van der Waals surface area (Å²) in [4.78, 5) is 29.1. The van der Waals surface area contributed by atoms with Crippen LogP contribution in [-0.2, 0) is 0 Å². The van der Waals surface area contributed by atoms with E-state index in [9.17, 15) is 9.59 Å². The summed E-state index contributed by atoms with van der Waals surface area (Å²) in [5.41, 5.74) is 0.721. The van der Waals surface area contributed by atoms with Crippen molar-refractivity contribution in [3.8, 4) is 11.5 Å². The minimum atomic E-state index is -0.299. The van der Waals surface area contributed by atoms with E-state index >= 15 is 0 Å². The molecule has 1 aliphatic rings. The van der Waals surface area contributed by atoms with Gasteiger partial charge in [0.15, 0.2) is 17.6 Å². The van der Waals surface area contributed by atoms with Crippen molar-refractivity contribution in [3.63, 3.8) is 0 Å². The fraction of sp³-hybridized carbons (Fsp3) is 0.200. The molecule has 1 amide bonds. The molecule has 0 radical (unpaired) electrons. The van der Waals surface area contributed by atoms with Crippen LogP contribution < -0.4 is 15.0 Å². The number of aromatic nitrogens is 1. The summed E-state index contributed by atoms with van der Waals surface area (Å²) < 4.78 is 11.6. The van der Waals surface area contributed by atoms with Crippen molar-refractivity contribution in [3.05, 3.63) is 70.5 Å². The van der Waals surface area contributed by atoms with Crippen LogP contribution in [0, 0.1) is 0 Å². The van der Waals surface area contributed by atoms with Crippen LogP contribution in [0.25, 0.3) is 10.9 Å². The average Bonchev–Trinajstić information content (AvgIpc) is 2.66. The highest BCUT2D eigenvalue weighted by molar-refractivity contribution is 6.05. The van der Waals surface area contributed by atoms with E-state index in [-0.39, 0.29) is 17.6 Å². The lowest BCUT2D eigenvalue weighted by Crippen LogP contribution is -2.42. The predicted molar refractivity (Wildman–Crippen MR) is 97.9 cm³/mol. The number of pyridine rings is 1. The topological polar surface area (TPSA) is 71.6 Å². The lowest BCUT2D eigenvalue weighted by molar-refractivity contribution is 0.0522. The molecule has 0 saturated carbocycles. The van der Waals surface area contributed by atoms with Crippen LogP contribution in [0.2, 0.25) is 0 Å². The molecule has 26 heavy (non-hydrogen) atoms. The second-order valence-electron chi connectivity index (χ2n) is 6.28. The molecular weight excluding hydrogens is 332 g/mol. The summed E-state index contributed by atoms with van der Waals surface area (Å²) in [6.45, 7) is 0.721. The minimum Gasteiger partial charge on any atom is -0.486 e. The number of rotatable bonds is 3. The number of nitrogens with zero attached hydrogens (tertiary/aromatic N) is 1. The average molecular weight is 350 g/mol. The van der Waals surface area contributed by atoms with Gasteiger partial charge in [0.05, 0.1) is 12.1 Å². The maximum absolute atomic E-state index is 12.9. The Hall–Kier alpha value is -3.28. The van der Waals surface area contributed by atoms with Crippen molar-refractivity contribution in [2.75, 3.05) is 20.2 Å². The van der Waals surface area contributed by atoms with Gasteiger partial charge in [-0.1, -0.05) is 30.3 Å². The number of hydrogen-bond acceptors (Lipinski definition) is 4. The smallest absolute Gasteiger partial charge is 0.254 e. The first kappa shape index (κ1) is 16.2. The molecule has 0 fully saturated rings. The molecule has 6 heteroatoms. The van der Waals surface area contributed by atoms with Gasteiger partial charge in [-0.05, 0) is 18.2 Å². The molecule has 1 aromatic heterocycles. The highest BCUT2D eigenvalue weighted by atomic mass is 16.6. The fourth-order valence-corrected chi connectivity index (χ4v) is 3.13. The van der Waals surface area contributed by atoms with Crippen molar-refractivity contribution < 1.29 is 14.3 Å². The first-order chi connectivity index (χ1) is 12.6. The normalized spacial score (nSPS) is 15.7. The maximum Gasteiger partial charge on any atom is 0.254 e. The van der Waals surface area contributed by atoms with Gasteiger partial charge in [-0.3, -0.25) is 9.59 Å². The zero-order valence-corrected chi connectivity index (χ0v) is 14.3. The van der Waals surface area contributed by atoms with Gasteiger partial charge in [0.2, 0.25) is 5.56 Å². The number of carbonyl (C=O) groups is 1. The van der Waals surface area contributed by atoms with Gasteiger partial charge in [-0.15, -0.1) is 0 Å². The number of ether oxygens (including phenoxy) is 2. The number of H-pyrrole nitrogens is 1. The van der Waals surface area contributed by atoms with Crippen molar-refractivity contribution in [2.24, 2.45) is 0 Å². The second-order valence-corrected chi connectivity index (χ2v) is 6.28. The van der Waals surface area contributed by atoms with E-state index in [1.807, 2.05) is 42.5 Å². The van der Waals surface area contributed by atoms with Crippen LogP contribution in [0.15, 0.2) is 59.4 Å². The molecule has 132 valence electrons. The van der Waals surface area contributed by atoms with Crippen LogP contribution in [-0.4, -0.2) is 42.1 Å². The molecule has 1 atom stereocenters. The number of nitrogens with one attached hydrogen (secondary N) is 1. The summed E-state index contributed by atoms with van der Waals surface area (Å²) in [6.07, 6.45) is -0.271. The summed E-state index contributed by atoms with van der Waals surface area (Å²) in [7, 11) is 1.70. The van der Waals surface area contributed by atoms with Crippen LogP contribution in [0.5, 0.6) is 11.5 Å². The molecule has 0 spiro atoms. The van der Waals surface area contributed by atoms with Gasteiger partial charge in [-0.25, -0.2) is 0 Å². The molecule has 0 bridgehead atoms. The van der Waals surface area contributed by atoms with E-state index in [4.69, 9.17) is 9.47 Å². The number of benzene rings is 2. The van der Waals surface area contributed by atoms with Gasteiger partial charge < -0.3 is 19.4 Å². The highest BCUT2D eigenvalue weighted by Crippen LogP contribution is 2.31. The molecule has 1 unspecified atom stereocenters. The second kappa shape index (κ2) is 6.55. The molecule has 6 nitrogen and oxygen atoms in total. The molecule has 2 aromatic carbocycles. The SMILES string of the molecule is CN(CC1COc2ccccc2O1)C(=O)c1cc(=O)[nH]c2ccccc12. The first-order valence-corrected chi connectivity index (χ1v) is 8.38.